The maximum atomic E-state index is 13.5. The number of unbranched alkanes of at least 4 members (excludes halogenated alkanes) is 42. The predicted molar refractivity (Wildman–Crippen MR) is 321 cm³/mol. The molecule has 0 saturated carbocycles. The predicted octanol–water partition coefficient (Wildman–Crippen LogP) is 19.5. The first kappa shape index (κ1) is 73.5. The van der Waals surface area contributed by atoms with Crippen molar-refractivity contribution in [2.45, 2.75) is 341 Å². The molecule has 0 radical (unpaired) electrons. The average Bonchev–Trinajstić information content (AvgIpc) is 3.37. The summed E-state index contributed by atoms with van der Waals surface area (Å²) in [5.41, 5.74) is 0. The molecule has 1 N–H and O–H groups in total. The molecule has 0 fully saturated rings. The number of likely N-dealkylation sites (N-methyl/N-ethyl adjacent to an activating group) is 1. The fourth-order valence-corrected chi connectivity index (χ4v) is 10.5. The van der Waals surface area contributed by atoms with E-state index in [1.165, 1.54) is 225 Å². The number of hydrogen-bond acceptors (Lipinski definition) is 7. The second-order valence-electron chi connectivity index (χ2n) is 23.6. The minimum Gasteiger partial charge on any atom is -0.756 e. The first-order valence-electron chi connectivity index (χ1n) is 32.6. The first-order valence-corrected chi connectivity index (χ1v) is 34.1. The van der Waals surface area contributed by atoms with E-state index in [1.54, 1.807) is 0 Å². The summed E-state index contributed by atoms with van der Waals surface area (Å²) in [6.45, 7) is 6.86. The van der Waals surface area contributed by atoms with Crippen LogP contribution in [0, 0.1) is 0 Å². The lowest BCUT2D eigenvalue weighted by Gasteiger charge is -2.30. The molecule has 444 valence electrons. The smallest absolute Gasteiger partial charge is 0.306 e. The van der Waals surface area contributed by atoms with Crippen LogP contribution in [0.2, 0.25) is 0 Å². The van der Waals surface area contributed by atoms with Crippen LogP contribution in [0.5, 0.6) is 0 Å². The third-order valence-electron chi connectivity index (χ3n) is 14.9. The molecule has 0 saturated heterocycles. The number of amides is 1. The van der Waals surface area contributed by atoms with Gasteiger partial charge >= 0.3 is 5.97 Å². The Labute approximate surface area is 466 Å². The van der Waals surface area contributed by atoms with Crippen LogP contribution < -0.4 is 10.2 Å². The van der Waals surface area contributed by atoms with Gasteiger partial charge in [-0.15, -0.1) is 0 Å². The number of nitrogens with zero attached hydrogens (tertiary/aromatic N) is 1. The monoisotopic (exact) mass is 1080 g/mol. The summed E-state index contributed by atoms with van der Waals surface area (Å²) in [7, 11) is 1.19. The Bertz CT molecular complexity index is 1340. The molecule has 75 heavy (non-hydrogen) atoms. The SMILES string of the molecule is CCCCCCCC/C=C\CCCCCC(=O)NC(COP(=O)([O-])OCC[N+](C)(C)C)C(/C=C\CCCCCCCCCCC)OC(=O)CCCCCCCCCCCCCCCCCCCCCCCCCCC. The molecule has 3 unspecified atom stereocenters. The Morgan fingerprint density at radius 2 is 0.773 bits per heavy atom. The van der Waals surface area contributed by atoms with E-state index in [9.17, 15) is 19.0 Å². The van der Waals surface area contributed by atoms with Crippen LogP contribution in [0.4, 0.5) is 0 Å². The summed E-state index contributed by atoms with van der Waals surface area (Å²) in [5, 5.41) is 3.02. The number of phosphoric ester groups is 1. The number of allylic oxidation sites excluding steroid dienone is 3. The lowest BCUT2D eigenvalue weighted by atomic mass is 10.0. The molecule has 0 heterocycles. The highest BCUT2D eigenvalue weighted by Gasteiger charge is 2.27. The van der Waals surface area contributed by atoms with E-state index < -0.39 is 20.0 Å². The quantitative estimate of drug-likeness (QED) is 0.0212. The number of nitrogens with one attached hydrogen (secondary N) is 1. The van der Waals surface area contributed by atoms with Crippen molar-refractivity contribution in [2.24, 2.45) is 0 Å². The third-order valence-corrected chi connectivity index (χ3v) is 15.8. The van der Waals surface area contributed by atoms with E-state index >= 15 is 0 Å². The number of ether oxygens (including phenoxy) is 1. The number of rotatable bonds is 60. The number of carbonyl (C=O) groups is 2. The van der Waals surface area contributed by atoms with Gasteiger partial charge in [0, 0.05) is 12.8 Å². The molecule has 0 aliphatic rings. The van der Waals surface area contributed by atoms with Crippen LogP contribution in [0.15, 0.2) is 24.3 Å². The van der Waals surface area contributed by atoms with Gasteiger partial charge < -0.3 is 28.5 Å². The van der Waals surface area contributed by atoms with Crippen LogP contribution in [0.1, 0.15) is 329 Å². The lowest BCUT2D eigenvalue weighted by Crippen LogP contribution is -2.47. The van der Waals surface area contributed by atoms with Crippen molar-refractivity contribution in [1.82, 2.24) is 5.32 Å². The van der Waals surface area contributed by atoms with Crippen molar-refractivity contribution in [3.63, 3.8) is 0 Å². The number of carbonyl (C=O) groups excluding carboxylic acids is 2. The molecule has 0 spiro atoms. The highest BCUT2D eigenvalue weighted by atomic mass is 31.2. The standard InChI is InChI=1S/C65H127N2O7P/c1-7-10-13-16-19-22-25-27-28-29-30-31-32-33-34-35-36-37-38-40-43-46-49-52-55-58-65(69)74-63(56-53-50-47-44-41-24-21-18-15-12-9-3)62(61-73-75(70,71)72-60-59-67(4,5)6)66-64(68)57-54-51-48-45-42-39-26-23-20-17-14-11-8-2/h39,42,53,56,62-63H,7-38,40-41,43-52,54-55,57-61H2,1-6H3,(H-,66,68,70,71)/b42-39-,56-53-. The van der Waals surface area contributed by atoms with Gasteiger partial charge in [-0.1, -0.05) is 283 Å². The molecule has 1 amide bonds. The van der Waals surface area contributed by atoms with Gasteiger partial charge in [0.15, 0.2) is 0 Å². The molecule has 10 heteroatoms. The minimum absolute atomic E-state index is 0.0216. The van der Waals surface area contributed by atoms with Crippen molar-refractivity contribution >= 4 is 19.7 Å². The maximum Gasteiger partial charge on any atom is 0.306 e. The summed E-state index contributed by atoms with van der Waals surface area (Å²) in [6.07, 6.45) is 66.0. The Morgan fingerprint density at radius 1 is 0.453 bits per heavy atom. The molecule has 0 bridgehead atoms. The molecule has 3 atom stereocenters. The van der Waals surface area contributed by atoms with Gasteiger partial charge in [-0.25, -0.2) is 0 Å². The fourth-order valence-electron chi connectivity index (χ4n) is 9.81. The third kappa shape index (κ3) is 57.0. The molecule has 9 nitrogen and oxygen atoms in total. The van der Waals surface area contributed by atoms with Crippen LogP contribution in [-0.2, 0) is 27.9 Å². The molecular weight excluding hydrogens is 952 g/mol. The molecule has 0 aromatic rings. The van der Waals surface area contributed by atoms with Gasteiger partial charge in [0.25, 0.3) is 7.82 Å². The maximum absolute atomic E-state index is 13.5. The van der Waals surface area contributed by atoms with Gasteiger partial charge in [0.2, 0.25) is 5.91 Å². The summed E-state index contributed by atoms with van der Waals surface area (Å²) < 4.78 is 30.3. The zero-order valence-electron chi connectivity index (χ0n) is 50.8. The van der Waals surface area contributed by atoms with Crippen LogP contribution in [0.3, 0.4) is 0 Å². The average molecular weight is 1080 g/mol. The molecule has 0 aliphatic carbocycles. The van der Waals surface area contributed by atoms with Gasteiger partial charge in [0.05, 0.1) is 33.8 Å². The van der Waals surface area contributed by atoms with Crippen molar-refractivity contribution in [1.29, 1.82) is 0 Å². The van der Waals surface area contributed by atoms with Crippen molar-refractivity contribution < 1.29 is 37.3 Å². The van der Waals surface area contributed by atoms with Crippen molar-refractivity contribution in [3.05, 3.63) is 24.3 Å². The van der Waals surface area contributed by atoms with Gasteiger partial charge in [-0.2, -0.15) is 0 Å². The number of esters is 1. The fraction of sp³-hybridized carbons (Fsp3) is 0.908. The van der Waals surface area contributed by atoms with E-state index in [4.69, 9.17) is 13.8 Å². The number of phosphoric acid groups is 1. The molecule has 0 aliphatic heterocycles. The van der Waals surface area contributed by atoms with Crippen LogP contribution in [-0.4, -0.2) is 69.4 Å². The Morgan fingerprint density at radius 3 is 1.15 bits per heavy atom. The van der Waals surface area contributed by atoms with Crippen LogP contribution >= 0.6 is 7.82 Å². The molecule has 0 aromatic heterocycles. The van der Waals surface area contributed by atoms with Crippen molar-refractivity contribution in [3.8, 4) is 0 Å². The van der Waals surface area contributed by atoms with Crippen molar-refractivity contribution in [2.75, 3.05) is 40.9 Å². The summed E-state index contributed by atoms with van der Waals surface area (Å²) in [6, 6.07) is -0.890. The topological polar surface area (TPSA) is 114 Å². The summed E-state index contributed by atoms with van der Waals surface area (Å²) >= 11 is 0. The summed E-state index contributed by atoms with van der Waals surface area (Å²) in [4.78, 5) is 39.9. The molecule has 0 aromatic carbocycles. The van der Waals surface area contributed by atoms with E-state index in [2.05, 4.69) is 38.2 Å². The van der Waals surface area contributed by atoms with Crippen LogP contribution in [0.25, 0.3) is 0 Å². The largest absolute Gasteiger partial charge is 0.756 e. The highest BCUT2D eigenvalue weighted by Crippen LogP contribution is 2.38. The van der Waals surface area contributed by atoms with E-state index in [0.29, 0.717) is 17.4 Å². The van der Waals surface area contributed by atoms with E-state index in [-0.39, 0.29) is 31.5 Å². The zero-order chi connectivity index (χ0) is 55.0. The summed E-state index contributed by atoms with van der Waals surface area (Å²) in [5.74, 6) is -0.544. The highest BCUT2D eigenvalue weighted by molar-refractivity contribution is 7.45. The number of hydrogen-bond donors (Lipinski definition) is 1. The molecule has 0 rings (SSSR count). The first-order chi connectivity index (χ1) is 36.4. The Hall–Kier alpha value is -1.51. The Balaban J connectivity index is 5.00. The van der Waals surface area contributed by atoms with Gasteiger partial charge in [0.1, 0.15) is 19.3 Å². The number of quaternary nitrogens is 1. The van der Waals surface area contributed by atoms with E-state index in [0.717, 1.165) is 70.6 Å². The zero-order valence-corrected chi connectivity index (χ0v) is 51.7. The minimum atomic E-state index is -4.69. The lowest BCUT2D eigenvalue weighted by molar-refractivity contribution is -0.870. The second-order valence-corrected chi connectivity index (χ2v) is 25.0. The Kier molecular flexibility index (Phi) is 54.7. The van der Waals surface area contributed by atoms with Gasteiger partial charge in [-0.05, 0) is 57.4 Å². The van der Waals surface area contributed by atoms with Gasteiger partial charge in [-0.3, -0.25) is 14.2 Å². The van der Waals surface area contributed by atoms with E-state index in [1.807, 2.05) is 33.3 Å². The second kappa shape index (κ2) is 55.8. The molecular formula is C65H127N2O7P. The normalized spacial score (nSPS) is 13.7.